The van der Waals surface area contributed by atoms with Crippen LogP contribution in [0.3, 0.4) is 0 Å². The lowest BCUT2D eigenvalue weighted by molar-refractivity contribution is 0.401. The molecule has 4 heteroatoms. The molecule has 4 nitrogen and oxygen atoms in total. The van der Waals surface area contributed by atoms with E-state index in [4.69, 9.17) is 4.74 Å². The van der Waals surface area contributed by atoms with Gasteiger partial charge in [-0.25, -0.2) is 4.98 Å². The van der Waals surface area contributed by atoms with E-state index in [1.165, 1.54) is 5.69 Å². The molecule has 2 N–H and O–H groups in total. The van der Waals surface area contributed by atoms with Crippen LogP contribution in [0.5, 0.6) is 5.75 Å². The third kappa shape index (κ3) is 1.70. The number of rotatable bonds is 2. The Balaban J connectivity index is 2.06. The molecule has 2 heterocycles. The van der Waals surface area contributed by atoms with Crippen molar-refractivity contribution in [1.82, 2.24) is 15.3 Å². The van der Waals surface area contributed by atoms with Crippen molar-refractivity contribution < 1.29 is 4.74 Å². The lowest BCUT2D eigenvalue weighted by Crippen LogP contribution is -2.30. The average Bonchev–Trinajstić information content (AvgIpc) is 2.86. The van der Waals surface area contributed by atoms with E-state index in [1.807, 2.05) is 18.2 Å². The highest BCUT2D eigenvalue weighted by molar-refractivity contribution is 5.41. The summed E-state index contributed by atoms with van der Waals surface area (Å²) < 4.78 is 5.41. The normalized spacial score (nSPS) is 18.8. The van der Waals surface area contributed by atoms with Crippen LogP contribution in [0.2, 0.25) is 0 Å². The zero-order valence-corrected chi connectivity index (χ0v) is 9.73. The summed E-state index contributed by atoms with van der Waals surface area (Å²) in [5.74, 6) is 0.904. The number of H-pyrrole nitrogens is 1. The number of methoxy groups -OCH3 is 1. The monoisotopic (exact) mass is 229 g/mol. The van der Waals surface area contributed by atoms with Gasteiger partial charge in [-0.15, -0.1) is 0 Å². The van der Waals surface area contributed by atoms with E-state index in [2.05, 4.69) is 21.4 Å². The molecule has 0 saturated heterocycles. The van der Waals surface area contributed by atoms with Crippen LogP contribution in [0.4, 0.5) is 0 Å². The van der Waals surface area contributed by atoms with Crippen LogP contribution in [0, 0.1) is 0 Å². The number of benzene rings is 1. The minimum absolute atomic E-state index is 0.126. The molecule has 1 aromatic carbocycles. The fraction of sp³-hybridized carbons (Fsp3) is 0.308. The first kappa shape index (κ1) is 10.4. The highest BCUT2D eigenvalue weighted by Gasteiger charge is 2.25. The second-order valence-corrected chi connectivity index (χ2v) is 4.15. The Bertz CT molecular complexity index is 521. The maximum absolute atomic E-state index is 5.41. The Morgan fingerprint density at radius 1 is 1.35 bits per heavy atom. The van der Waals surface area contributed by atoms with Crippen LogP contribution >= 0.6 is 0 Å². The molecule has 0 radical (unpaired) electrons. The van der Waals surface area contributed by atoms with Crippen LogP contribution in [0.15, 0.2) is 30.6 Å². The molecular weight excluding hydrogens is 214 g/mol. The Morgan fingerprint density at radius 2 is 2.24 bits per heavy atom. The molecule has 88 valence electrons. The zero-order chi connectivity index (χ0) is 11.7. The molecule has 1 aliphatic rings. The van der Waals surface area contributed by atoms with Gasteiger partial charge in [-0.2, -0.15) is 0 Å². The molecule has 0 aliphatic carbocycles. The van der Waals surface area contributed by atoms with Crippen molar-refractivity contribution in [2.24, 2.45) is 0 Å². The number of imidazole rings is 1. The molecule has 0 fully saturated rings. The minimum Gasteiger partial charge on any atom is -0.496 e. The van der Waals surface area contributed by atoms with Gasteiger partial charge < -0.3 is 15.0 Å². The number of para-hydroxylation sites is 1. The molecule has 0 amide bonds. The van der Waals surface area contributed by atoms with E-state index in [0.717, 1.165) is 30.0 Å². The number of nitrogens with zero attached hydrogens (tertiary/aromatic N) is 1. The van der Waals surface area contributed by atoms with Crippen molar-refractivity contribution in [2.75, 3.05) is 13.7 Å². The standard InChI is InChI=1S/C13H15N3O/c1-17-11-5-3-2-4-9(11)12-13-10(6-7-14-12)15-8-16-13/h2-5,8,12,14H,6-7H2,1H3,(H,15,16). The predicted molar refractivity (Wildman–Crippen MR) is 65.1 cm³/mol. The Morgan fingerprint density at radius 3 is 3.12 bits per heavy atom. The summed E-state index contributed by atoms with van der Waals surface area (Å²) in [6, 6.07) is 8.20. The predicted octanol–water partition coefficient (Wildman–Crippen LogP) is 1.65. The van der Waals surface area contributed by atoms with Gasteiger partial charge in [0.1, 0.15) is 5.75 Å². The summed E-state index contributed by atoms with van der Waals surface area (Å²) >= 11 is 0. The maximum Gasteiger partial charge on any atom is 0.124 e. The van der Waals surface area contributed by atoms with Crippen molar-refractivity contribution >= 4 is 0 Å². The minimum atomic E-state index is 0.126. The fourth-order valence-electron chi connectivity index (χ4n) is 2.38. The third-order valence-electron chi connectivity index (χ3n) is 3.20. The van der Waals surface area contributed by atoms with E-state index < -0.39 is 0 Å². The number of nitrogens with one attached hydrogen (secondary N) is 2. The van der Waals surface area contributed by atoms with E-state index in [1.54, 1.807) is 13.4 Å². The van der Waals surface area contributed by atoms with E-state index in [0.29, 0.717) is 0 Å². The molecule has 3 rings (SSSR count). The topological polar surface area (TPSA) is 49.9 Å². The van der Waals surface area contributed by atoms with Gasteiger partial charge in [0.2, 0.25) is 0 Å². The van der Waals surface area contributed by atoms with Gasteiger partial charge in [0.05, 0.1) is 25.2 Å². The van der Waals surface area contributed by atoms with E-state index >= 15 is 0 Å². The van der Waals surface area contributed by atoms with Gasteiger partial charge in [-0.05, 0) is 6.07 Å². The molecule has 0 saturated carbocycles. The summed E-state index contributed by atoms with van der Waals surface area (Å²) in [5.41, 5.74) is 3.45. The highest BCUT2D eigenvalue weighted by Crippen LogP contribution is 2.31. The van der Waals surface area contributed by atoms with E-state index in [-0.39, 0.29) is 6.04 Å². The number of ether oxygens (including phenoxy) is 1. The second-order valence-electron chi connectivity index (χ2n) is 4.15. The molecule has 1 atom stereocenters. The second kappa shape index (κ2) is 4.22. The third-order valence-corrected chi connectivity index (χ3v) is 3.20. The molecular formula is C13H15N3O. The first-order valence-electron chi connectivity index (χ1n) is 5.78. The van der Waals surface area contributed by atoms with Crippen LogP contribution in [0.1, 0.15) is 23.0 Å². The zero-order valence-electron chi connectivity index (χ0n) is 9.73. The summed E-state index contributed by atoms with van der Waals surface area (Å²) in [4.78, 5) is 7.62. The van der Waals surface area contributed by atoms with Crippen molar-refractivity contribution in [3.8, 4) is 5.75 Å². The Hall–Kier alpha value is -1.81. The molecule has 1 unspecified atom stereocenters. The maximum atomic E-state index is 5.41. The van der Waals surface area contributed by atoms with Crippen molar-refractivity contribution in [3.05, 3.63) is 47.5 Å². The Kier molecular flexibility index (Phi) is 2.57. The fourth-order valence-corrected chi connectivity index (χ4v) is 2.38. The first-order valence-corrected chi connectivity index (χ1v) is 5.78. The molecule has 17 heavy (non-hydrogen) atoms. The van der Waals surface area contributed by atoms with Gasteiger partial charge in [0.25, 0.3) is 0 Å². The van der Waals surface area contributed by atoms with Crippen LogP contribution in [-0.2, 0) is 6.42 Å². The van der Waals surface area contributed by atoms with Crippen LogP contribution in [0.25, 0.3) is 0 Å². The number of fused-ring (bicyclic) bond motifs is 1. The number of hydrogen-bond acceptors (Lipinski definition) is 3. The lowest BCUT2D eigenvalue weighted by Gasteiger charge is -2.24. The summed E-state index contributed by atoms with van der Waals surface area (Å²) in [7, 11) is 1.70. The van der Waals surface area contributed by atoms with Gasteiger partial charge in [-0.1, -0.05) is 18.2 Å². The summed E-state index contributed by atoms with van der Waals surface area (Å²) in [6.45, 7) is 0.956. The van der Waals surface area contributed by atoms with Crippen molar-refractivity contribution in [1.29, 1.82) is 0 Å². The molecule has 0 spiro atoms. The highest BCUT2D eigenvalue weighted by atomic mass is 16.5. The molecule has 1 aromatic heterocycles. The molecule has 2 aromatic rings. The van der Waals surface area contributed by atoms with Crippen LogP contribution < -0.4 is 10.1 Å². The number of aromatic amines is 1. The largest absolute Gasteiger partial charge is 0.496 e. The number of hydrogen-bond donors (Lipinski definition) is 2. The quantitative estimate of drug-likeness (QED) is 0.823. The van der Waals surface area contributed by atoms with E-state index in [9.17, 15) is 0 Å². The first-order chi connectivity index (χ1) is 8.40. The van der Waals surface area contributed by atoms with Crippen molar-refractivity contribution in [3.63, 3.8) is 0 Å². The lowest BCUT2D eigenvalue weighted by atomic mass is 9.97. The Labute approximate surface area is 100 Å². The van der Waals surface area contributed by atoms with Crippen molar-refractivity contribution in [2.45, 2.75) is 12.5 Å². The molecule has 1 aliphatic heterocycles. The van der Waals surface area contributed by atoms with Gasteiger partial charge in [-0.3, -0.25) is 0 Å². The summed E-state index contributed by atoms with van der Waals surface area (Å²) in [5, 5.41) is 3.49. The molecule has 0 bridgehead atoms. The SMILES string of the molecule is COc1ccccc1C1NCCc2[nH]cnc21. The smallest absolute Gasteiger partial charge is 0.124 e. The summed E-state index contributed by atoms with van der Waals surface area (Å²) in [6.07, 6.45) is 2.76. The van der Waals surface area contributed by atoms with Crippen LogP contribution in [-0.4, -0.2) is 23.6 Å². The van der Waals surface area contributed by atoms with Gasteiger partial charge >= 0.3 is 0 Å². The average molecular weight is 229 g/mol. The van der Waals surface area contributed by atoms with Gasteiger partial charge in [0.15, 0.2) is 0 Å². The van der Waals surface area contributed by atoms with Gasteiger partial charge in [0, 0.05) is 24.2 Å². The number of aromatic nitrogens is 2.